The predicted octanol–water partition coefficient (Wildman–Crippen LogP) is 2.46. The number of hydrogen-bond donors (Lipinski definition) is 0. The second-order valence-corrected chi connectivity index (χ2v) is 4.27. The van der Waals surface area contributed by atoms with Crippen LogP contribution >= 0.6 is 15.9 Å². The third kappa shape index (κ3) is 1.42. The van der Waals surface area contributed by atoms with Crippen LogP contribution in [0.25, 0.3) is 17.2 Å². The lowest BCUT2D eigenvalue weighted by molar-refractivity contribution is 0.394. The van der Waals surface area contributed by atoms with Crippen LogP contribution in [0, 0.1) is 6.92 Å². The Kier molecular flexibility index (Phi) is 2.03. The SMILES string of the molecule is Cc1nc(-c2cnc3ccc(Br)cn23)no1. The van der Waals surface area contributed by atoms with Gasteiger partial charge >= 0.3 is 0 Å². The molecule has 6 heteroatoms. The second kappa shape index (κ2) is 3.41. The summed E-state index contributed by atoms with van der Waals surface area (Å²) in [5.41, 5.74) is 1.66. The molecule has 16 heavy (non-hydrogen) atoms. The molecule has 0 atom stereocenters. The lowest BCUT2D eigenvalue weighted by Gasteiger charge is -1.97. The van der Waals surface area contributed by atoms with Crippen molar-refractivity contribution in [3.8, 4) is 11.5 Å². The number of rotatable bonds is 1. The summed E-state index contributed by atoms with van der Waals surface area (Å²) in [6, 6.07) is 3.86. The van der Waals surface area contributed by atoms with Crippen molar-refractivity contribution in [3.05, 3.63) is 34.9 Å². The van der Waals surface area contributed by atoms with Crippen LogP contribution in [0.3, 0.4) is 0 Å². The molecule has 0 aromatic carbocycles. The number of imidazole rings is 1. The predicted molar refractivity (Wildman–Crippen MR) is 60.9 cm³/mol. The molecule has 3 aromatic rings. The van der Waals surface area contributed by atoms with E-state index in [-0.39, 0.29) is 0 Å². The summed E-state index contributed by atoms with van der Waals surface area (Å²) in [6.07, 6.45) is 3.65. The molecule has 3 rings (SSSR count). The standard InChI is InChI=1S/C10H7BrN4O/c1-6-13-10(14-16-6)8-4-12-9-3-2-7(11)5-15(8)9/h2-5H,1H3. The van der Waals surface area contributed by atoms with Gasteiger partial charge < -0.3 is 4.52 Å². The average Bonchev–Trinajstić information content (AvgIpc) is 2.83. The zero-order valence-electron chi connectivity index (χ0n) is 8.38. The Morgan fingerprint density at radius 3 is 3.00 bits per heavy atom. The van der Waals surface area contributed by atoms with Gasteiger partial charge in [-0.2, -0.15) is 4.98 Å². The topological polar surface area (TPSA) is 56.2 Å². The fraction of sp³-hybridized carbons (Fsp3) is 0.100. The van der Waals surface area contributed by atoms with Gasteiger partial charge in [0.2, 0.25) is 11.7 Å². The molecule has 0 aliphatic rings. The Morgan fingerprint density at radius 2 is 2.25 bits per heavy atom. The summed E-state index contributed by atoms with van der Waals surface area (Å²) < 4.78 is 7.84. The van der Waals surface area contributed by atoms with E-state index in [1.54, 1.807) is 13.1 Å². The summed E-state index contributed by atoms with van der Waals surface area (Å²) in [4.78, 5) is 8.44. The molecular weight excluding hydrogens is 272 g/mol. The maximum absolute atomic E-state index is 4.95. The van der Waals surface area contributed by atoms with Crippen molar-refractivity contribution in [2.75, 3.05) is 0 Å². The third-order valence-electron chi connectivity index (χ3n) is 2.23. The lowest BCUT2D eigenvalue weighted by atomic mass is 10.4. The maximum atomic E-state index is 4.95. The Bertz CT molecular complexity index is 658. The van der Waals surface area contributed by atoms with Gasteiger partial charge in [0.1, 0.15) is 11.3 Å². The molecular formula is C10H7BrN4O. The minimum atomic E-state index is 0.542. The van der Waals surface area contributed by atoms with Crippen LogP contribution in [0.5, 0.6) is 0 Å². The molecule has 0 aliphatic carbocycles. The molecule has 0 radical (unpaired) electrons. The molecule has 5 nitrogen and oxygen atoms in total. The number of aromatic nitrogens is 4. The van der Waals surface area contributed by atoms with Crippen LogP contribution in [0.4, 0.5) is 0 Å². The van der Waals surface area contributed by atoms with Gasteiger partial charge in [0.15, 0.2) is 0 Å². The number of hydrogen-bond acceptors (Lipinski definition) is 4. The van der Waals surface area contributed by atoms with E-state index in [1.807, 2.05) is 22.7 Å². The summed E-state index contributed by atoms with van der Waals surface area (Å²) in [5, 5.41) is 3.88. The van der Waals surface area contributed by atoms with Crippen molar-refractivity contribution in [1.82, 2.24) is 19.5 Å². The molecule has 0 aliphatic heterocycles. The highest BCUT2D eigenvalue weighted by atomic mass is 79.9. The summed E-state index contributed by atoms with van der Waals surface area (Å²) >= 11 is 3.42. The van der Waals surface area contributed by atoms with Gasteiger partial charge in [-0.25, -0.2) is 4.98 Å². The van der Waals surface area contributed by atoms with Crippen LogP contribution < -0.4 is 0 Å². The number of halogens is 1. The first kappa shape index (κ1) is 9.53. The molecule has 0 saturated carbocycles. The molecule has 0 bridgehead atoms. The molecule has 0 spiro atoms. The van der Waals surface area contributed by atoms with Crippen molar-refractivity contribution in [1.29, 1.82) is 0 Å². The van der Waals surface area contributed by atoms with Gasteiger partial charge in [-0.05, 0) is 28.1 Å². The number of aryl methyl sites for hydroxylation is 1. The second-order valence-electron chi connectivity index (χ2n) is 3.36. The van der Waals surface area contributed by atoms with Crippen molar-refractivity contribution in [3.63, 3.8) is 0 Å². The Hall–Kier alpha value is -1.69. The van der Waals surface area contributed by atoms with E-state index in [2.05, 4.69) is 31.1 Å². The third-order valence-corrected chi connectivity index (χ3v) is 2.70. The van der Waals surface area contributed by atoms with E-state index in [4.69, 9.17) is 4.52 Å². The zero-order chi connectivity index (χ0) is 11.1. The number of fused-ring (bicyclic) bond motifs is 1. The van der Waals surface area contributed by atoms with Gasteiger partial charge in [0, 0.05) is 17.6 Å². The molecule has 3 heterocycles. The summed E-state index contributed by atoms with van der Waals surface area (Å²) in [6.45, 7) is 1.76. The van der Waals surface area contributed by atoms with Crippen LogP contribution in [-0.2, 0) is 0 Å². The largest absolute Gasteiger partial charge is 0.339 e. The van der Waals surface area contributed by atoms with Crippen molar-refractivity contribution >= 4 is 21.6 Å². The molecule has 0 saturated heterocycles. The minimum absolute atomic E-state index is 0.542. The van der Waals surface area contributed by atoms with Crippen LogP contribution in [0.1, 0.15) is 5.89 Å². The van der Waals surface area contributed by atoms with E-state index >= 15 is 0 Å². The fourth-order valence-electron chi connectivity index (χ4n) is 1.52. The average molecular weight is 279 g/mol. The molecule has 0 amide bonds. The first-order valence-electron chi connectivity index (χ1n) is 4.67. The highest BCUT2D eigenvalue weighted by molar-refractivity contribution is 9.10. The van der Waals surface area contributed by atoms with Crippen LogP contribution in [0.15, 0.2) is 33.5 Å². The van der Waals surface area contributed by atoms with Crippen molar-refractivity contribution < 1.29 is 4.52 Å². The number of pyridine rings is 1. The molecule has 0 fully saturated rings. The normalized spacial score (nSPS) is 11.1. The first-order chi connectivity index (χ1) is 7.74. The van der Waals surface area contributed by atoms with E-state index in [0.717, 1.165) is 15.8 Å². The Labute approximate surface area is 99.2 Å². The molecule has 80 valence electrons. The summed E-state index contributed by atoms with van der Waals surface area (Å²) in [5.74, 6) is 1.09. The van der Waals surface area contributed by atoms with Gasteiger partial charge in [0.25, 0.3) is 0 Å². The molecule has 0 unspecified atom stereocenters. The lowest BCUT2D eigenvalue weighted by Crippen LogP contribution is -1.89. The van der Waals surface area contributed by atoms with Gasteiger partial charge in [-0.1, -0.05) is 5.16 Å². The van der Waals surface area contributed by atoms with E-state index in [1.165, 1.54) is 0 Å². The van der Waals surface area contributed by atoms with Crippen molar-refractivity contribution in [2.45, 2.75) is 6.92 Å². The number of nitrogens with zero attached hydrogens (tertiary/aromatic N) is 4. The molecule has 0 N–H and O–H groups in total. The van der Waals surface area contributed by atoms with Gasteiger partial charge in [-0.3, -0.25) is 4.40 Å². The minimum Gasteiger partial charge on any atom is -0.339 e. The van der Waals surface area contributed by atoms with Crippen molar-refractivity contribution in [2.24, 2.45) is 0 Å². The highest BCUT2D eigenvalue weighted by Crippen LogP contribution is 2.20. The van der Waals surface area contributed by atoms with E-state index < -0.39 is 0 Å². The highest BCUT2D eigenvalue weighted by Gasteiger charge is 2.11. The molecule has 3 aromatic heterocycles. The fourth-order valence-corrected chi connectivity index (χ4v) is 1.86. The summed E-state index contributed by atoms with van der Waals surface area (Å²) in [7, 11) is 0. The quantitative estimate of drug-likeness (QED) is 0.686. The van der Waals surface area contributed by atoms with E-state index in [9.17, 15) is 0 Å². The Morgan fingerprint density at radius 1 is 1.38 bits per heavy atom. The van der Waals surface area contributed by atoms with Crippen LogP contribution in [0.2, 0.25) is 0 Å². The van der Waals surface area contributed by atoms with Gasteiger partial charge in [0.05, 0.1) is 6.20 Å². The zero-order valence-corrected chi connectivity index (χ0v) is 9.97. The van der Waals surface area contributed by atoms with Crippen LogP contribution in [-0.4, -0.2) is 19.5 Å². The maximum Gasteiger partial charge on any atom is 0.223 e. The van der Waals surface area contributed by atoms with Gasteiger partial charge in [-0.15, -0.1) is 0 Å². The first-order valence-corrected chi connectivity index (χ1v) is 5.46. The smallest absolute Gasteiger partial charge is 0.223 e. The van der Waals surface area contributed by atoms with E-state index in [0.29, 0.717) is 11.7 Å². The monoisotopic (exact) mass is 278 g/mol. The Balaban J connectivity index is 2.27.